The maximum absolute atomic E-state index is 11.5. The zero-order valence-corrected chi connectivity index (χ0v) is 9.10. The molecule has 4 heteroatoms. The minimum Gasteiger partial charge on any atom is -0.481 e. The normalized spacial score (nSPS) is 9.81. The summed E-state index contributed by atoms with van der Waals surface area (Å²) in [7, 11) is 0. The molecule has 0 atom stereocenters. The Morgan fingerprint density at radius 1 is 1.31 bits per heavy atom. The number of rotatable bonds is 5. The Balaban J connectivity index is 2.41. The fourth-order valence-electron chi connectivity index (χ4n) is 1.27. The van der Waals surface area contributed by atoms with Crippen molar-refractivity contribution in [3.8, 4) is 0 Å². The second-order valence-electron chi connectivity index (χ2n) is 3.45. The molecule has 0 saturated heterocycles. The summed E-state index contributed by atoms with van der Waals surface area (Å²) >= 11 is 0. The van der Waals surface area contributed by atoms with Crippen LogP contribution in [0.15, 0.2) is 24.3 Å². The van der Waals surface area contributed by atoms with Crippen molar-refractivity contribution in [2.45, 2.75) is 19.8 Å². The van der Waals surface area contributed by atoms with Crippen LogP contribution in [0.5, 0.6) is 0 Å². The van der Waals surface area contributed by atoms with Crippen LogP contribution < -0.4 is 0 Å². The first-order valence-corrected chi connectivity index (χ1v) is 5.06. The average molecular weight is 222 g/mol. The minimum atomic E-state index is -0.882. The minimum absolute atomic E-state index is 0.0149. The first-order chi connectivity index (χ1) is 7.61. The van der Waals surface area contributed by atoms with Crippen molar-refractivity contribution in [2.24, 2.45) is 0 Å². The van der Waals surface area contributed by atoms with E-state index in [2.05, 4.69) is 0 Å². The van der Waals surface area contributed by atoms with Crippen LogP contribution in [0.1, 0.15) is 28.8 Å². The zero-order valence-electron chi connectivity index (χ0n) is 9.10. The first kappa shape index (κ1) is 12.2. The van der Waals surface area contributed by atoms with Crippen molar-refractivity contribution in [1.82, 2.24) is 0 Å². The quantitative estimate of drug-likeness (QED) is 0.611. The Morgan fingerprint density at radius 2 is 2.00 bits per heavy atom. The van der Waals surface area contributed by atoms with E-state index < -0.39 is 11.9 Å². The van der Waals surface area contributed by atoms with Gasteiger partial charge in [-0.3, -0.25) is 4.79 Å². The number of carboxylic acid groups (broad SMARTS) is 1. The molecule has 0 aromatic heterocycles. The number of carbonyl (C=O) groups excluding carboxylic acids is 1. The predicted octanol–water partition coefficient (Wildman–Crippen LogP) is 2.02. The summed E-state index contributed by atoms with van der Waals surface area (Å²) in [5, 5.41) is 8.40. The number of carbonyl (C=O) groups is 2. The Hall–Kier alpha value is -1.84. The molecule has 0 aliphatic rings. The van der Waals surface area contributed by atoms with E-state index >= 15 is 0 Å². The van der Waals surface area contributed by atoms with E-state index in [0.29, 0.717) is 12.0 Å². The third kappa shape index (κ3) is 3.73. The molecule has 0 saturated carbocycles. The van der Waals surface area contributed by atoms with E-state index in [1.54, 1.807) is 12.1 Å². The van der Waals surface area contributed by atoms with Gasteiger partial charge in [0.05, 0.1) is 12.2 Å². The molecule has 0 amide bonds. The number of carboxylic acids is 1. The molecule has 0 fully saturated rings. The van der Waals surface area contributed by atoms with Gasteiger partial charge in [0.1, 0.15) is 0 Å². The zero-order chi connectivity index (χ0) is 12.0. The van der Waals surface area contributed by atoms with E-state index in [9.17, 15) is 9.59 Å². The van der Waals surface area contributed by atoms with E-state index in [1.165, 1.54) is 0 Å². The van der Waals surface area contributed by atoms with Crippen LogP contribution in [-0.4, -0.2) is 23.7 Å². The van der Waals surface area contributed by atoms with Gasteiger partial charge in [-0.25, -0.2) is 4.79 Å². The molecule has 4 nitrogen and oxygen atoms in total. The maximum Gasteiger partial charge on any atom is 0.338 e. The van der Waals surface area contributed by atoms with Gasteiger partial charge in [0.25, 0.3) is 0 Å². The third-order valence-electron chi connectivity index (χ3n) is 2.13. The van der Waals surface area contributed by atoms with E-state index in [1.807, 2.05) is 19.1 Å². The second-order valence-corrected chi connectivity index (χ2v) is 3.45. The molecule has 0 heterocycles. The number of aliphatic carboxylic acids is 1. The predicted molar refractivity (Wildman–Crippen MR) is 58.3 cm³/mol. The monoisotopic (exact) mass is 222 g/mol. The van der Waals surface area contributed by atoms with Crippen LogP contribution in [0.2, 0.25) is 0 Å². The van der Waals surface area contributed by atoms with Crippen molar-refractivity contribution >= 4 is 11.9 Å². The van der Waals surface area contributed by atoms with E-state index in [0.717, 1.165) is 5.56 Å². The fraction of sp³-hybridized carbons (Fsp3) is 0.333. The Bertz CT molecular complexity index is 384. The topological polar surface area (TPSA) is 63.6 Å². The molecule has 0 aliphatic heterocycles. The lowest BCUT2D eigenvalue weighted by Crippen LogP contribution is -2.09. The van der Waals surface area contributed by atoms with Crippen molar-refractivity contribution in [3.63, 3.8) is 0 Å². The van der Waals surface area contributed by atoms with Gasteiger partial charge < -0.3 is 9.84 Å². The molecule has 0 spiro atoms. The smallest absolute Gasteiger partial charge is 0.338 e. The second kappa shape index (κ2) is 5.90. The average Bonchev–Trinajstić information content (AvgIpc) is 2.24. The summed E-state index contributed by atoms with van der Waals surface area (Å²) in [5.41, 5.74) is 1.38. The molecular weight excluding hydrogens is 208 g/mol. The van der Waals surface area contributed by atoms with Crippen molar-refractivity contribution < 1.29 is 19.4 Å². The van der Waals surface area contributed by atoms with E-state index in [-0.39, 0.29) is 13.0 Å². The lowest BCUT2D eigenvalue weighted by Gasteiger charge is -2.05. The number of ether oxygens (including phenoxy) is 1. The summed E-state index contributed by atoms with van der Waals surface area (Å²) in [6.45, 7) is 1.97. The summed E-state index contributed by atoms with van der Waals surface area (Å²) in [5.74, 6) is -1.28. The molecule has 86 valence electrons. The molecular formula is C12H14O4. The van der Waals surface area contributed by atoms with Gasteiger partial charge in [-0.2, -0.15) is 0 Å². The number of aryl methyl sites for hydroxylation is 1. The summed E-state index contributed by atoms with van der Waals surface area (Å²) in [6.07, 6.45) is 0.355. The van der Waals surface area contributed by atoms with Crippen LogP contribution >= 0.6 is 0 Å². The molecule has 1 aromatic carbocycles. The van der Waals surface area contributed by atoms with Crippen LogP contribution in [0.4, 0.5) is 0 Å². The SMILES string of the molecule is Cc1ccccc1C(=O)OCCCC(=O)O. The Labute approximate surface area is 93.9 Å². The maximum atomic E-state index is 11.5. The summed E-state index contributed by atoms with van der Waals surface area (Å²) in [6, 6.07) is 7.13. The standard InChI is InChI=1S/C12H14O4/c1-9-5-2-3-6-10(9)12(15)16-8-4-7-11(13)14/h2-3,5-6H,4,7-8H2,1H3,(H,13,14). The molecule has 1 rings (SSSR count). The van der Waals surface area contributed by atoms with Gasteiger partial charge in [0, 0.05) is 6.42 Å². The highest BCUT2D eigenvalue weighted by Gasteiger charge is 2.09. The van der Waals surface area contributed by atoms with Gasteiger partial charge in [-0.05, 0) is 25.0 Å². The summed E-state index contributed by atoms with van der Waals surface area (Å²) < 4.78 is 4.96. The van der Waals surface area contributed by atoms with Crippen molar-refractivity contribution in [2.75, 3.05) is 6.61 Å². The lowest BCUT2D eigenvalue weighted by atomic mass is 10.1. The van der Waals surface area contributed by atoms with Crippen LogP contribution in [0.3, 0.4) is 0 Å². The molecule has 0 radical (unpaired) electrons. The van der Waals surface area contributed by atoms with Crippen LogP contribution in [0.25, 0.3) is 0 Å². The number of benzene rings is 1. The highest BCUT2D eigenvalue weighted by Crippen LogP contribution is 2.08. The lowest BCUT2D eigenvalue weighted by molar-refractivity contribution is -0.137. The van der Waals surface area contributed by atoms with Crippen LogP contribution in [0, 0.1) is 6.92 Å². The number of esters is 1. The molecule has 0 unspecified atom stereocenters. The van der Waals surface area contributed by atoms with Gasteiger partial charge in [0.2, 0.25) is 0 Å². The molecule has 16 heavy (non-hydrogen) atoms. The highest BCUT2D eigenvalue weighted by atomic mass is 16.5. The molecule has 0 bridgehead atoms. The number of hydrogen-bond acceptors (Lipinski definition) is 3. The van der Waals surface area contributed by atoms with Crippen LogP contribution in [-0.2, 0) is 9.53 Å². The van der Waals surface area contributed by atoms with Gasteiger partial charge in [0.15, 0.2) is 0 Å². The van der Waals surface area contributed by atoms with Crippen molar-refractivity contribution in [3.05, 3.63) is 35.4 Å². The van der Waals surface area contributed by atoms with Gasteiger partial charge >= 0.3 is 11.9 Å². The Morgan fingerprint density at radius 3 is 2.62 bits per heavy atom. The van der Waals surface area contributed by atoms with E-state index in [4.69, 9.17) is 9.84 Å². The molecule has 1 N–H and O–H groups in total. The van der Waals surface area contributed by atoms with Gasteiger partial charge in [-0.15, -0.1) is 0 Å². The molecule has 1 aromatic rings. The highest BCUT2D eigenvalue weighted by molar-refractivity contribution is 5.90. The van der Waals surface area contributed by atoms with Gasteiger partial charge in [-0.1, -0.05) is 18.2 Å². The third-order valence-corrected chi connectivity index (χ3v) is 2.13. The number of hydrogen-bond donors (Lipinski definition) is 1. The largest absolute Gasteiger partial charge is 0.481 e. The Kier molecular flexibility index (Phi) is 4.51. The first-order valence-electron chi connectivity index (χ1n) is 5.06. The fourth-order valence-corrected chi connectivity index (χ4v) is 1.27. The van der Waals surface area contributed by atoms with Crippen molar-refractivity contribution in [1.29, 1.82) is 0 Å². The summed E-state index contributed by atoms with van der Waals surface area (Å²) in [4.78, 5) is 21.8. The molecule has 0 aliphatic carbocycles.